The molecule has 3 rings (SSSR count). The minimum Gasteiger partial charge on any atom is -0.357 e. The summed E-state index contributed by atoms with van der Waals surface area (Å²) >= 11 is 0. The molecular weight excluding hydrogens is 224 g/mol. The van der Waals surface area contributed by atoms with Crippen LogP contribution in [0.5, 0.6) is 0 Å². The standard InChI is InChI=1S/C14H14N4/c1-17-7-13(15-9-17)11-5-3-4-6-12(11)14-8-18(2)10-16-14/h3-8,15-16H,1-2H3. The number of aryl methyl sites for hydroxylation is 2. The van der Waals surface area contributed by atoms with Crippen molar-refractivity contribution in [3.63, 3.8) is 0 Å². The van der Waals surface area contributed by atoms with Gasteiger partial charge in [-0.2, -0.15) is 0 Å². The van der Waals surface area contributed by atoms with E-state index in [0.29, 0.717) is 0 Å². The van der Waals surface area contributed by atoms with Gasteiger partial charge in [0.2, 0.25) is 12.7 Å². The molecule has 0 aliphatic carbocycles. The van der Waals surface area contributed by atoms with Gasteiger partial charge in [-0.3, -0.25) is 0 Å². The molecule has 0 radical (unpaired) electrons. The lowest BCUT2D eigenvalue weighted by molar-refractivity contribution is -0.674. The number of benzene rings is 1. The Hall–Kier alpha value is -2.36. The molecule has 3 aromatic rings. The van der Waals surface area contributed by atoms with Crippen LogP contribution in [0, 0.1) is 12.7 Å². The molecular formula is C14H14N4. The average molecular weight is 238 g/mol. The van der Waals surface area contributed by atoms with Crippen molar-refractivity contribution in [2.45, 2.75) is 0 Å². The van der Waals surface area contributed by atoms with E-state index in [0.717, 1.165) is 22.5 Å². The Morgan fingerprint density at radius 2 is 1.28 bits per heavy atom. The third kappa shape index (κ3) is 1.82. The van der Waals surface area contributed by atoms with Crippen molar-refractivity contribution in [1.29, 1.82) is 0 Å². The molecule has 0 spiro atoms. The van der Waals surface area contributed by atoms with Gasteiger partial charge >= 0.3 is 0 Å². The molecule has 0 saturated carbocycles. The summed E-state index contributed by atoms with van der Waals surface area (Å²) in [6.45, 7) is 0. The van der Waals surface area contributed by atoms with Crippen molar-refractivity contribution in [2.24, 2.45) is 14.1 Å². The molecule has 18 heavy (non-hydrogen) atoms. The molecule has 2 aromatic heterocycles. The van der Waals surface area contributed by atoms with Crippen LogP contribution in [0.15, 0.2) is 36.7 Å². The number of hydrogen-bond donors (Lipinski definition) is 2. The van der Waals surface area contributed by atoms with Crippen LogP contribution < -0.4 is 9.13 Å². The molecule has 4 heteroatoms. The predicted octanol–water partition coefficient (Wildman–Crippen LogP) is 0.926. The van der Waals surface area contributed by atoms with Crippen molar-refractivity contribution in [3.05, 3.63) is 49.3 Å². The van der Waals surface area contributed by atoms with Crippen molar-refractivity contribution < 1.29 is 9.13 Å². The van der Waals surface area contributed by atoms with Crippen LogP contribution in [-0.4, -0.2) is 9.97 Å². The van der Waals surface area contributed by atoms with E-state index in [9.17, 15) is 0 Å². The number of aromatic nitrogens is 4. The van der Waals surface area contributed by atoms with Gasteiger partial charge in [0, 0.05) is 11.4 Å². The maximum absolute atomic E-state index is 3.15. The van der Waals surface area contributed by atoms with Crippen LogP contribution in [0.3, 0.4) is 0 Å². The normalized spacial score (nSPS) is 10.8. The van der Waals surface area contributed by atoms with Crippen LogP contribution in [-0.2, 0) is 14.1 Å². The van der Waals surface area contributed by atoms with E-state index in [4.69, 9.17) is 0 Å². The molecule has 0 atom stereocenters. The predicted molar refractivity (Wildman–Crippen MR) is 66.0 cm³/mol. The second-order valence-corrected chi connectivity index (χ2v) is 4.33. The van der Waals surface area contributed by atoms with E-state index in [1.54, 1.807) is 0 Å². The summed E-state index contributed by atoms with van der Waals surface area (Å²) in [6.07, 6.45) is 10.1. The molecule has 4 nitrogen and oxygen atoms in total. The van der Waals surface area contributed by atoms with Gasteiger partial charge in [-0.25, -0.2) is 0 Å². The van der Waals surface area contributed by atoms with Gasteiger partial charge in [-0.05, 0) is 23.5 Å². The number of H-pyrrole nitrogens is 2. The quantitative estimate of drug-likeness (QED) is 0.492. The Labute approximate surface area is 106 Å². The molecule has 2 heterocycles. The minimum absolute atomic E-state index is 1.05. The fourth-order valence-electron chi connectivity index (χ4n) is 2.04. The lowest BCUT2D eigenvalue weighted by Crippen LogP contribution is -2.23. The molecule has 0 unspecified atom stereocenters. The number of aromatic amines is 2. The number of nitrogens with zero attached hydrogens (tertiary/aromatic N) is 2. The van der Waals surface area contributed by atoms with Crippen LogP contribution in [0.1, 0.15) is 0 Å². The summed E-state index contributed by atoms with van der Waals surface area (Å²) in [5.41, 5.74) is 4.38. The Morgan fingerprint density at radius 3 is 1.61 bits per heavy atom. The zero-order valence-corrected chi connectivity index (χ0v) is 10.4. The van der Waals surface area contributed by atoms with Gasteiger partial charge < -0.3 is 19.1 Å². The molecule has 1 aromatic carbocycles. The van der Waals surface area contributed by atoms with E-state index in [1.807, 2.05) is 47.8 Å². The minimum atomic E-state index is 1.05. The second-order valence-electron chi connectivity index (χ2n) is 4.33. The van der Waals surface area contributed by atoms with Crippen molar-refractivity contribution in [3.8, 4) is 22.5 Å². The number of rotatable bonds is 2. The molecule has 0 aliphatic heterocycles. The smallest absolute Gasteiger partial charge is 0.202 e. The highest BCUT2D eigenvalue weighted by atomic mass is 15.0. The first-order valence-electron chi connectivity index (χ1n) is 5.76. The molecule has 0 saturated heterocycles. The van der Waals surface area contributed by atoms with E-state index in [1.165, 1.54) is 0 Å². The summed E-state index contributed by atoms with van der Waals surface area (Å²) in [6, 6.07) is 8.25. The topological polar surface area (TPSA) is 39.3 Å². The highest BCUT2D eigenvalue weighted by molar-refractivity contribution is 5.78. The first-order valence-corrected chi connectivity index (χ1v) is 5.76. The summed E-state index contributed by atoms with van der Waals surface area (Å²) < 4.78 is 3.76. The molecule has 2 N–H and O–H groups in total. The van der Waals surface area contributed by atoms with Crippen molar-refractivity contribution >= 4 is 0 Å². The molecule has 0 fully saturated rings. The van der Waals surface area contributed by atoms with Gasteiger partial charge in [0.15, 0.2) is 0 Å². The van der Waals surface area contributed by atoms with E-state index >= 15 is 0 Å². The summed E-state index contributed by atoms with van der Waals surface area (Å²) in [5, 5.41) is 0. The first-order chi connectivity index (χ1) is 8.74. The van der Waals surface area contributed by atoms with Crippen LogP contribution >= 0.6 is 0 Å². The van der Waals surface area contributed by atoms with Gasteiger partial charge in [-0.1, -0.05) is 24.3 Å². The monoisotopic (exact) mass is 238 g/mol. The van der Waals surface area contributed by atoms with Crippen LogP contribution in [0.25, 0.3) is 22.5 Å². The lowest BCUT2D eigenvalue weighted by Gasteiger charge is -2.09. The number of imidazole rings is 2. The molecule has 0 aliphatic rings. The van der Waals surface area contributed by atoms with Gasteiger partial charge in [0.25, 0.3) is 0 Å². The SMILES string of the molecule is C[n+]1[c-][nH]c(-c2ccccc2-c2c[n+](C)[c-][nH]2)c1. The second kappa shape index (κ2) is 4.14. The van der Waals surface area contributed by atoms with Crippen molar-refractivity contribution in [1.82, 2.24) is 9.97 Å². The van der Waals surface area contributed by atoms with E-state index in [-0.39, 0.29) is 0 Å². The van der Waals surface area contributed by atoms with Crippen molar-refractivity contribution in [2.75, 3.05) is 0 Å². The van der Waals surface area contributed by atoms with Gasteiger partial charge in [0.1, 0.15) is 0 Å². The van der Waals surface area contributed by atoms with Gasteiger partial charge in [-0.15, -0.1) is 0 Å². The number of hydrogen-bond acceptors (Lipinski definition) is 0. The van der Waals surface area contributed by atoms with Crippen LogP contribution in [0.2, 0.25) is 0 Å². The lowest BCUT2D eigenvalue weighted by atomic mass is 10.0. The zero-order chi connectivity index (χ0) is 12.5. The third-order valence-corrected chi connectivity index (χ3v) is 2.89. The van der Waals surface area contributed by atoms with Crippen LogP contribution in [0.4, 0.5) is 0 Å². The Morgan fingerprint density at radius 1 is 0.833 bits per heavy atom. The highest BCUT2D eigenvalue weighted by Crippen LogP contribution is 2.28. The maximum Gasteiger partial charge on any atom is 0.202 e. The summed E-state index contributed by atoms with van der Waals surface area (Å²) in [5.74, 6) is 0. The van der Waals surface area contributed by atoms with Gasteiger partial charge in [0.05, 0.1) is 14.1 Å². The largest absolute Gasteiger partial charge is 0.357 e. The zero-order valence-electron chi connectivity index (χ0n) is 10.4. The highest BCUT2D eigenvalue weighted by Gasteiger charge is 2.05. The van der Waals surface area contributed by atoms with E-state index in [2.05, 4.69) is 34.8 Å². The molecule has 0 amide bonds. The van der Waals surface area contributed by atoms with E-state index < -0.39 is 0 Å². The Bertz CT molecular complexity index is 619. The fraction of sp³-hybridized carbons (Fsp3) is 0.143. The maximum atomic E-state index is 3.15. The molecule has 90 valence electrons. The Kier molecular flexibility index (Phi) is 2.48. The summed E-state index contributed by atoms with van der Waals surface area (Å²) in [7, 11) is 3.90. The first kappa shape index (κ1) is 10.8. The Balaban J connectivity index is 2.16. The average Bonchev–Trinajstić information content (AvgIpc) is 2.98. The fourth-order valence-corrected chi connectivity index (χ4v) is 2.04. The molecule has 0 bridgehead atoms. The third-order valence-electron chi connectivity index (χ3n) is 2.89. The summed E-state index contributed by atoms with van der Waals surface area (Å²) in [4.78, 5) is 6.29. The number of nitrogens with one attached hydrogen (secondary N) is 2.